The van der Waals surface area contributed by atoms with E-state index in [0.29, 0.717) is 43.8 Å². The number of benzene rings is 1. The summed E-state index contributed by atoms with van der Waals surface area (Å²) in [5.74, 6) is -0.190. The summed E-state index contributed by atoms with van der Waals surface area (Å²) in [5, 5.41) is 14.6. The average molecular weight is 440 g/mol. The Morgan fingerprint density at radius 3 is 2.75 bits per heavy atom. The van der Waals surface area contributed by atoms with Gasteiger partial charge in [-0.3, -0.25) is 9.59 Å². The van der Waals surface area contributed by atoms with Crippen LogP contribution in [-0.2, 0) is 9.53 Å². The molecule has 1 saturated carbocycles. The largest absolute Gasteiger partial charge is 0.389 e. The number of rotatable bonds is 5. The highest BCUT2D eigenvalue weighted by atomic mass is 16.5. The first-order valence-electron chi connectivity index (χ1n) is 11.7. The van der Waals surface area contributed by atoms with Gasteiger partial charge in [0.2, 0.25) is 5.91 Å². The van der Waals surface area contributed by atoms with Gasteiger partial charge in [0, 0.05) is 18.0 Å². The monoisotopic (exact) mass is 439 g/mol. The molecule has 1 atom stereocenters. The second-order valence-electron chi connectivity index (χ2n) is 9.40. The number of amides is 2. The molecule has 1 aliphatic heterocycles. The van der Waals surface area contributed by atoms with Crippen LogP contribution in [0.25, 0.3) is 10.9 Å². The number of fused-ring (bicyclic) bond motifs is 1. The topological polar surface area (TPSA) is 91.8 Å². The van der Waals surface area contributed by atoms with Gasteiger partial charge in [-0.15, -0.1) is 0 Å². The number of aromatic nitrogens is 1. The van der Waals surface area contributed by atoms with Crippen molar-refractivity contribution >= 4 is 22.7 Å². The molecule has 32 heavy (non-hydrogen) atoms. The van der Waals surface area contributed by atoms with Crippen LogP contribution in [0.3, 0.4) is 0 Å². The molecule has 2 aliphatic rings. The summed E-state index contributed by atoms with van der Waals surface area (Å²) >= 11 is 0. The Morgan fingerprint density at radius 1 is 1.25 bits per heavy atom. The molecule has 0 radical (unpaired) electrons. The van der Waals surface area contributed by atoms with E-state index in [2.05, 4.69) is 5.32 Å². The quantitative estimate of drug-likeness (QED) is 0.745. The molecule has 2 aromatic rings. The molecule has 7 heteroatoms. The molecule has 172 valence electrons. The summed E-state index contributed by atoms with van der Waals surface area (Å²) in [4.78, 5) is 32.4. The van der Waals surface area contributed by atoms with Crippen LogP contribution in [0.4, 0.5) is 0 Å². The highest BCUT2D eigenvalue weighted by molar-refractivity contribution is 6.06. The van der Waals surface area contributed by atoms with Gasteiger partial charge in [0.1, 0.15) is 6.10 Å². The van der Waals surface area contributed by atoms with E-state index in [0.717, 1.165) is 30.2 Å². The van der Waals surface area contributed by atoms with Crippen molar-refractivity contribution in [1.82, 2.24) is 15.2 Å². The fourth-order valence-electron chi connectivity index (χ4n) is 4.72. The van der Waals surface area contributed by atoms with Crippen molar-refractivity contribution in [3.05, 3.63) is 41.6 Å². The number of hydrogen-bond acceptors (Lipinski definition) is 5. The predicted molar refractivity (Wildman–Crippen MR) is 122 cm³/mol. The number of nitrogens with one attached hydrogen (secondary N) is 1. The maximum atomic E-state index is 13.0. The Morgan fingerprint density at radius 2 is 2.00 bits per heavy atom. The smallest absolute Gasteiger partial charge is 0.252 e. The zero-order chi connectivity index (χ0) is 22.7. The summed E-state index contributed by atoms with van der Waals surface area (Å²) in [5.41, 5.74) is 1.05. The number of carbonyl (C=O) groups is 2. The van der Waals surface area contributed by atoms with Crippen LogP contribution in [-0.4, -0.2) is 58.1 Å². The zero-order valence-electron chi connectivity index (χ0n) is 19.0. The normalized spacial score (nSPS) is 21.0. The molecular weight excluding hydrogens is 406 g/mol. The zero-order valence-corrected chi connectivity index (χ0v) is 19.0. The number of carbonyl (C=O) groups excluding carboxylic acids is 2. The van der Waals surface area contributed by atoms with Crippen LogP contribution in [0.15, 0.2) is 30.3 Å². The lowest BCUT2D eigenvalue weighted by atomic mass is 9.82. The number of morpholine rings is 1. The van der Waals surface area contributed by atoms with E-state index in [4.69, 9.17) is 9.72 Å². The van der Waals surface area contributed by atoms with Crippen LogP contribution >= 0.6 is 0 Å². The number of ether oxygens (including phenoxy) is 1. The molecule has 1 aromatic carbocycles. The Balaban J connectivity index is 1.55. The van der Waals surface area contributed by atoms with E-state index in [1.807, 2.05) is 38.1 Å². The van der Waals surface area contributed by atoms with E-state index in [1.54, 1.807) is 11.0 Å². The molecule has 1 aliphatic carbocycles. The number of pyridine rings is 1. The maximum Gasteiger partial charge on any atom is 0.252 e. The van der Waals surface area contributed by atoms with E-state index in [9.17, 15) is 14.7 Å². The maximum absolute atomic E-state index is 13.0. The highest BCUT2D eigenvalue weighted by Crippen LogP contribution is 2.32. The fraction of sp³-hybridized carbons (Fsp3) is 0.560. The van der Waals surface area contributed by atoms with Crippen LogP contribution in [0.5, 0.6) is 0 Å². The Bertz CT molecular complexity index is 984. The van der Waals surface area contributed by atoms with Gasteiger partial charge < -0.3 is 20.1 Å². The van der Waals surface area contributed by atoms with Gasteiger partial charge in [-0.05, 0) is 38.8 Å². The molecule has 1 aromatic heterocycles. The minimum Gasteiger partial charge on any atom is -0.389 e. The summed E-state index contributed by atoms with van der Waals surface area (Å²) in [6.07, 6.45) is 4.18. The first-order chi connectivity index (χ1) is 15.3. The van der Waals surface area contributed by atoms with E-state index >= 15 is 0 Å². The third-order valence-corrected chi connectivity index (χ3v) is 6.41. The molecule has 0 bridgehead atoms. The molecule has 7 nitrogen and oxygen atoms in total. The SMILES string of the molecule is CC(C)NC(=O)c1cc([C@@H]2CN(C(=O)CC3(O)CCCCC3)CCO2)nc2ccccc12. The molecule has 2 amide bonds. The fourth-order valence-corrected chi connectivity index (χ4v) is 4.72. The van der Waals surface area contributed by atoms with E-state index in [-0.39, 0.29) is 24.3 Å². The van der Waals surface area contributed by atoms with Gasteiger partial charge in [0.05, 0.1) is 41.9 Å². The minimum absolute atomic E-state index is 0.0162. The Labute approximate surface area is 189 Å². The number of nitrogens with zero attached hydrogens (tertiary/aromatic N) is 2. The lowest BCUT2D eigenvalue weighted by Crippen LogP contribution is -2.46. The van der Waals surface area contributed by atoms with Crippen molar-refractivity contribution in [2.24, 2.45) is 0 Å². The molecule has 2 N–H and O–H groups in total. The molecule has 0 spiro atoms. The van der Waals surface area contributed by atoms with E-state index in [1.165, 1.54) is 0 Å². The van der Waals surface area contributed by atoms with Crippen molar-refractivity contribution in [2.75, 3.05) is 19.7 Å². The van der Waals surface area contributed by atoms with Crippen molar-refractivity contribution < 1.29 is 19.4 Å². The van der Waals surface area contributed by atoms with Gasteiger partial charge in [-0.2, -0.15) is 0 Å². The standard InChI is InChI=1S/C25H33N3O4/c1-17(2)26-24(30)19-14-21(27-20-9-5-4-8-18(19)20)22-16-28(12-13-32-22)23(29)15-25(31)10-6-3-7-11-25/h4-5,8-9,14,17,22,31H,3,6-7,10-13,15-16H2,1-2H3,(H,26,30)/t22-/m0/s1. The van der Waals surface area contributed by atoms with Crippen LogP contribution in [0.2, 0.25) is 0 Å². The van der Waals surface area contributed by atoms with Crippen LogP contribution < -0.4 is 5.32 Å². The summed E-state index contributed by atoms with van der Waals surface area (Å²) in [6.45, 7) is 5.12. The first kappa shape index (κ1) is 22.7. The summed E-state index contributed by atoms with van der Waals surface area (Å²) in [6, 6.07) is 9.36. The van der Waals surface area contributed by atoms with Crippen molar-refractivity contribution in [3.63, 3.8) is 0 Å². The molecular formula is C25H33N3O4. The predicted octanol–water partition coefficient (Wildman–Crippen LogP) is 3.36. The molecule has 1 saturated heterocycles. The second kappa shape index (κ2) is 9.55. The van der Waals surface area contributed by atoms with Gasteiger partial charge in [-0.1, -0.05) is 37.5 Å². The average Bonchev–Trinajstić information content (AvgIpc) is 2.78. The molecule has 0 unspecified atom stereocenters. The van der Waals surface area contributed by atoms with E-state index < -0.39 is 11.7 Å². The summed E-state index contributed by atoms with van der Waals surface area (Å²) < 4.78 is 5.97. The van der Waals surface area contributed by atoms with Gasteiger partial charge in [0.25, 0.3) is 5.91 Å². The van der Waals surface area contributed by atoms with Crippen molar-refractivity contribution in [1.29, 1.82) is 0 Å². The Hall–Kier alpha value is -2.51. The third kappa shape index (κ3) is 5.10. The Kier molecular flexibility index (Phi) is 6.76. The molecule has 2 fully saturated rings. The highest BCUT2D eigenvalue weighted by Gasteiger charge is 2.35. The molecule has 4 rings (SSSR count). The minimum atomic E-state index is -0.883. The van der Waals surface area contributed by atoms with Crippen molar-refractivity contribution in [2.45, 2.75) is 70.1 Å². The van der Waals surface area contributed by atoms with Gasteiger partial charge in [-0.25, -0.2) is 4.98 Å². The summed E-state index contributed by atoms with van der Waals surface area (Å²) in [7, 11) is 0. The number of hydrogen-bond donors (Lipinski definition) is 2. The van der Waals surface area contributed by atoms with Crippen LogP contribution in [0.1, 0.15) is 74.5 Å². The van der Waals surface area contributed by atoms with Crippen LogP contribution in [0, 0.1) is 0 Å². The molecule has 2 heterocycles. The van der Waals surface area contributed by atoms with Gasteiger partial charge in [0.15, 0.2) is 0 Å². The lowest BCUT2D eigenvalue weighted by molar-refractivity contribution is -0.145. The first-order valence-corrected chi connectivity index (χ1v) is 11.7. The number of aliphatic hydroxyl groups is 1. The lowest BCUT2D eigenvalue weighted by Gasteiger charge is -2.37. The third-order valence-electron chi connectivity index (χ3n) is 6.41. The second-order valence-corrected chi connectivity index (χ2v) is 9.40. The number of para-hydroxylation sites is 1. The van der Waals surface area contributed by atoms with Crippen molar-refractivity contribution in [3.8, 4) is 0 Å². The van der Waals surface area contributed by atoms with Gasteiger partial charge >= 0.3 is 0 Å².